The number of hydrogen-bond acceptors (Lipinski definition) is 6. The minimum absolute atomic E-state index is 0.0920. The first-order chi connectivity index (χ1) is 14.1. The number of para-hydroxylation sites is 1. The Balaban J connectivity index is 2.04. The van der Waals surface area contributed by atoms with Crippen molar-refractivity contribution < 1.29 is 19.1 Å². The lowest BCUT2D eigenvalue weighted by Crippen LogP contribution is -2.34. The number of hydrogen-bond donors (Lipinski definition) is 1. The SMILES string of the molecule is CCOc1ccccc1C1C(C(=O)OCCSCC)=C(C)NC2=C1C(=O)CCC2. The van der Waals surface area contributed by atoms with Gasteiger partial charge in [-0.2, -0.15) is 11.8 Å². The number of dihydropyridines is 1. The fourth-order valence-electron chi connectivity index (χ4n) is 3.99. The Labute approximate surface area is 176 Å². The van der Waals surface area contributed by atoms with Crippen LogP contribution in [0.5, 0.6) is 5.75 Å². The number of ether oxygens (including phenoxy) is 2. The van der Waals surface area contributed by atoms with Gasteiger partial charge in [-0.3, -0.25) is 4.79 Å². The van der Waals surface area contributed by atoms with Crippen LogP contribution in [0, 0.1) is 0 Å². The molecule has 2 aliphatic rings. The molecule has 1 aliphatic carbocycles. The highest BCUT2D eigenvalue weighted by atomic mass is 32.2. The lowest BCUT2D eigenvalue weighted by Gasteiger charge is -2.34. The first kappa shape index (κ1) is 21.5. The maximum Gasteiger partial charge on any atom is 0.336 e. The Morgan fingerprint density at radius 2 is 2.03 bits per heavy atom. The summed E-state index contributed by atoms with van der Waals surface area (Å²) in [7, 11) is 0. The van der Waals surface area contributed by atoms with E-state index in [-0.39, 0.29) is 11.8 Å². The molecule has 1 aromatic carbocycles. The monoisotopic (exact) mass is 415 g/mol. The standard InChI is InChI=1S/C23H29NO4S/c1-4-27-19-12-7-6-9-16(19)21-20(23(26)28-13-14-29-5-2)15(3)24-17-10-8-11-18(25)22(17)21/h6-7,9,12,21,24H,4-5,8,10-11,13-14H2,1-3H3. The Morgan fingerprint density at radius 1 is 1.24 bits per heavy atom. The summed E-state index contributed by atoms with van der Waals surface area (Å²) in [6.07, 6.45) is 2.13. The van der Waals surface area contributed by atoms with E-state index < -0.39 is 5.92 Å². The summed E-state index contributed by atoms with van der Waals surface area (Å²) < 4.78 is 11.4. The van der Waals surface area contributed by atoms with Crippen LogP contribution >= 0.6 is 11.8 Å². The van der Waals surface area contributed by atoms with E-state index in [2.05, 4.69) is 12.2 Å². The van der Waals surface area contributed by atoms with Crippen molar-refractivity contribution in [3.8, 4) is 5.75 Å². The van der Waals surface area contributed by atoms with Crippen LogP contribution in [0.15, 0.2) is 46.8 Å². The van der Waals surface area contributed by atoms with E-state index in [1.54, 1.807) is 11.8 Å². The van der Waals surface area contributed by atoms with Crippen molar-refractivity contribution in [1.29, 1.82) is 0 Å². The summed E-state index contributed by atoms with van der Waals surface area (Å²) in [5, 5.41) is 3.32. The number of ketones is 1. The van der Waals surface area contributed by atoms with Gasteiger partial charge in [-0.05, 0) is 38.5 Å². The number of benzene rings is 1. The summed E-state index contributed by atoms with van der Waals surface area (Å²) >= 11 is 1.73. The van der Waals surface area contributed by atoms with Gasteiger partial charge >= 0.3 is 5.97 Å². The molecule has 0 saturated carbocycles. The molecule has 0 saturated heterocycles. The Hall–Kier alpha value is -2.21. The van der Waals surface area contributed by atoms with Gasteiger partial charge in [0.1, 0.15) is 12.4 Å². The maximum absolute atomic E-state index is 13.1. The number of carbonyl (C=O) groups is 2. The molecule has 3 rings (SSSR count). The van der Waals surface area contributed by atoms with Crippen molar-refractivity contribution in [2.24, 2.45) is 0 Å². The zero-order valence-corrected chi connectivity index (χ0v) is 18.2. The van der Waals surface area contributed by atoms with E-state index in [1.807, 2.05) is 38.1 Å². The molecule has 1 aliphatic heterocycles. The first-order valence-corrected chi connectivity index (χ1v) is 11.4. The summed E-state index contributed by atoms with van der Waals surface area (Å²) in [5.74, 6) is 1.70. The minimum Gasteiger partial charge on any atom is -0.494 e. The topological polar surface area (TPSA) is 64.6 Å². The molecule has 1 unspecified atom stereocenters. The lowest BCUT2D eigenvalue weighted by atomic mass is 9.75. The van der Waals surface area contributed by atoms with Crippen molar-refractivity contribution >= 4 is 23.5 Å². The van der Waals surface area contributed by atoms with Crippen LogP contribution in [0.3, 0.4) is 0 Å². The third-order valence-electron chi connectivity index (χ3n) is 5.19. The molecule has 6 heteroatoms. The van der Waals surface area contributed by atoms with Crippen LogP contribution in [0.4, 0.5) is 0 Å². The van der Waals surface area contributed by atoms with Gasteiger partial charge in [-0.25, -0.2) is 4.79 Å². The molecule has 29 heavy (non-hydrogen) atoms. The van der Waals surface area contributed by atoms with E-state index in [9.17, 15) is 9.59 Å². The molecule has 0 aromatic heterocycles. The smallest absolute Gasteiger partial charge is 0.336 e. The second-order valence-corrected chi connectivity index (χ2v) is 8.46. The van der Waals surface area contributed by atoms with Gasteiger partial charge in [-0.15, -0.1) is 0 Å². The highest BCUT2D eigenvalue weighted by Crippen LogP contribution is 2.45. The summed E-state index contributed by atoms with van der Waals surface area (Å²) in [6.45, 7) is 6.76. The molecule has 0 spiro atoms. The molecular formula is C23H29NO4S. The van der Waals surface area contributed by atoms with Gasteiger partial charge < -0.3 is 14.8 Å². The molecule has 156 valence electrons. The second-order valence-electron chi connectivity index (χ2n) is 7.07. The van der Waals surface area contributed by atoms with Gasteiger partial charge in [0, 0.05) is 34.7 Å². The van der Waals surface area contributed by atoms with Crippen LogP contribution in [-0.4, -0.2) is 36.5 Å². The van der Waals surface area contributed by atoms with Crippen LogP contribution in [-0.2, 0) is 14.3 Å². The van der Waals surface area contributed by atoms with Gasteiger partial charge in [-0.1, -0.05) is 25.1 Å². The molecule has 0 radical (unpaired) electrons. The van der Waals surface area contributed by atoms with Gasteiger partial charge in [0.2, 0.25) is 0 Å². The lowest BCUT2D eigenvalue weighted by molar-refractivity contribution is -0.138. The highest BCUT2D eigenvalue weighted by Gasteiger charge is 2.40. The van der Waals surface area contributed by atoms with E-state index in [1.165, 1.54) is 0 Å². The summed E-state index contributed by atoms with van der Waals surface area (Å²) in [4.78, 5) is 26.0. The van der Waals surface area contributed by atoms with E-state index in [0.717, 1.165) is 41.3 Å². The predicted octanol–water partition coefficient (Wildman–Crippen LogP) is 4.35. The molecule has 0 bridgehead atoms. The van der Waals surface area contributed by atoms with Crippen molar-refractivity contribution in [1.82, 2.24) is 5.32 Å². The van der Waals surface area contributed by atoms with E-state index in [4.69, 9.17) is 9.47 Å². The Kier molecular flexibility index (Phi) is 7.42. The largest absolute Gasteiger partial charge is 0.494 e. The van der Waals surface area contributed by atoms with Crippen molar-refractivity contribution in [2.75, 3.05) is 24.7 Å². The zero-order valence-electron chi connectivity index (χ0n) is 17.4. The number of nitrogens with one attached hydrogen (secondary N) is 1. The maximum atomic E-state index is 13.1. The quantitative estimate of drug-likeness (QED) is 0.503. The van der Waals surface area contributed by atoms with Crippen molar-refractivity contribution in [3.05, 3.63) is 52.4 Å². The van der Waals surface area contributed by atoms with Gasteiger partial charge in [0.15, 0.2) is 5.78 Å². The van der Waals surface area contributed by atoms with Gasteiger partial charge in [0.05, 0.1) is 18.1 Å². The van der Waals surface area contributed by atoms with Crippen LogP contribution in [0.25, 0.3) is 0 Å². The molecule has 5 nitrogen and oxygen atoms in total. The number of esters is 1. The number of rotatable bonds is 8. The molecule has 0 amide bonds. The zero-order chi connectivity index (χ0) is 20.8. The van der Waals surface area contributed by atoms with Crippen LogP contribution < -0.4 is 10.1 Å². The number of allylic oxidation sites excluding steroid dienone is 3. The predicted molar refractivity (Wildman–Crippen MR) is 116 cm³/mol. The Morgan fingerprint density at radius 3 is 2.79 bits per heavy atom. The molecular weight excluding hydrogens is 386 g/mol. The first-order valence-electron chi connectivity index (χ1n) is 10.3. The van der Waals surface area contributed by atoms with E-state index in [0.29, 0.717) is 36.5 Å². The molecule has 1 atom stereocenters. The number of carbonyl (C=O) groups excluding carboxylic acids is 2. The summed E-state index contributed by atoms with van der Waals surface area (Å²) in [6, 6.07) is 7.67. The molecule has 1 heterocycles. The molecule has 0 fully saturated rings. The van der Waals surface area contributed by atoms with Gasteiger partial charge in [0.25, 0.3) is 0 Å². The summed E-state index contributed by atoms with van der Waals surface area (Å²) in [5.41, 5.74) is 3.71. The van der Waals surface area contributed by atoms with E-state index >= 15 is 0 Å². The number of thioether (sulfide) groups is 1. The highest BCUT2D eigenvalue weighted by molar-refractivity contribution is 7.99. The van der Waals surface area contributed by atoms with Crippen LogP contribution in [0.1, 0.15) is 51.5 Å². The minimum atomic E-state index is -0.465. The molecule has 1 N–H and O–H groups in total. The third kappa shape index (κ3) is 4.69. The number of Topliss-reactive ketones (excluding diaryl/α,β-unsaturated/α-hetero) is 1. The average molecular weight is 416 g/mol. The molecule has 1 aromatic rings. The fraction of sp³-hybridized carbons (Fsp3) is 0.478. The average Bonchev–Trinajstić information content (AvgIpc) is 2.71. The Bertz CT molecular complexity index is 843. The third-order valence-corrected chi connectivity index (χ3v) is 6.05. The second kappa shape index (κ2) is 10.0. The fourth-order valence-corrected chi connectivity index (χ4v) is 4.48. The normalized spacial score (nSPS) is 19.0. The van der Waals surface area contributed by atoms with Crippen LogP contribution in [0.2, 0.25) is 0 Å². The van der Waals surface area contributed by atoms with Crippen molar-refractivity contribution in [3.63, 3.8) is 0 Å². The van der Waals surface area contributed by atoms with Crippen molar-refractivity contribution in [2.45, 2.75) is 46.0 Å².